The maximum absolute atomic E-state index is 4.27. The van der Waals surface area contributed by atoms with E-state index in [9.17, 15) is 0 Å². The first-order valence-corrected chi connectivity index (χ1v) is 5.25. The van der Waals surface area contributed by atoms with Crippen molar-refractivity contribution in [3.05, 3.63) is 24.0 Å². The smallest absolute Gasteiger partial charge is 0.177 e. The normalized spacial score (nSPS) is 10.1. The third-order valence-electron chi connectivity index (χ3n) is 2.68. The summed E-state index contributed by atoms with van der Waals surface area (Å²) < 4.78 is 0. The minimum atomic E-state index is 0.694. The largest absolute Gasteiger partial charge is 0.265 e. The Hall–Kier alpha value is -0.785. The molecule has 2 heteroatoms. The maximum atomic E-state index is 4.27. The molecule has 0 radical (unpaired) electrons. The van der Waals surface area contributed by atoms with E-state index in [4.69, 9.17) is 0 Å². The van der Waals surface area contributed by atoms with Gasteiger partial charge in [0.15, 0.2) is 6.71 Å². The molecular weight excluding hydrogens is 157 g/mol. The van der Waals surface area contributed by atoms with E-state index in [0.717, 1.165) is 6.42 Å². The molecule has 1 rings (SSSR count). The van der Waals surface area contributed by atoms with Crippen molar-refractivity contribution >= 4 is 12.2 Å². The van der Waals surface area contributed by atoms with Crippen LogP contribution in [0.15, 0.2) is 18.5 Å². The zero-order valence-electron chi connectivity index (χ0n) is 8.88. The minimum Gasteiger partial charge on any atom is -0.265 e. The molecule has 0 spiro atoms. The van der Waals surface area contributed by atoms with Crippen LogP contribution < -0.4 is 5.46 Å². The molecule has 70 valence electrons. The average Bonchev–Trinajstić information content (AvgIpc) is 2.20. The molecule has 0 aliphatic carbocycles. The van der Waals surface area contributed by atoms with Gasteiger partial charge in [0.25, 0.3) is 0 Å². The lowest BCUT2D eigenvalue weighted by Gasteiger charge is -2.09. The number of rotatable bonds is 4. The fourth-order valence-electron chi connectivity index (χ4n) is 1.68. The van der Waals surface area contributed by atoms with Crippen LogP contribution in [0.4, 0.5) is 0 Å². The third kappa shape index (κ3) is 2.58. The van der Waals surface area contributed by atoms with Crippen LogP contribution in [0.2, 0.25) is 12.6 Å². The van der Waals surface area contributed by atoms with Gasteiger partial charge in [0, 0.05) is 12.4 Å². The summed E-state index contributed by atoms with van der Waals surface area (Å²) >= 11 is 0. The van der Waals surface area contributed by atoms with Crippen LogP contribution in [0.25, 0.3) is 0 Å². The summed E-state index contributed by atoms with van der Waals surface area (Å²) in [6.45, 7) is 7.35. The van der Waals surface area contributed by atoms with E-state index in [1.165, 1.54) is 23.7 Å². The Morgan fingerprint density at radius 3 is 2.38 bits per heavy atom. The number of aryl methyl sites for hydroxylation is 1. The highest BCUT2D eigenvalue weighted by Crippen LogP contribution is 2.01. The maximum Gasteiger partial charge on any atom is 0.177 e. The SMILES string of the molecule is CCB(CC)c1cncc(CC)c1. The summed E-state index contributed by atoms with van der Waals surface area (Å²) in [6, 6.07) is 2.30. The van der Waals surface area contributed by atoms with Gasteiger partial charge in [-0.1, -0.05) is 44.9 Å². The molecule has 0 atom stereocenters. The summed E-state index contributed by atoms with van der Waals surface area (Å²) in [6.07, 6.45) is 7.49. The van der Waals surface area contributed by atoms with Gasteiger partial charge >= 0.3 is 0 Å². The summed E-state index contributed by atoms with van der Waals surface area (Å²) in [5.74, 6) is 0. The first-order chi connectivity index (χ1) is 6.31. The van der Waals surface area contributed by atoms with E-state index < -0.39 is 0 Å². The second-order valence-electron chi connectivity index (χ2n) is 3.49. The summed E-state index contributed by atoms with van der Waals surface area (Å²) in [5.41, 5.74) is 2.76. The van der Waals surface area contributed by atoms with Crippen molar-refractivity contribution in [2.24, 2.45) is 0 Å². The molecule has 1 aromatic heterocycles. The van der Waals surface area contributed by atoms with Crippen molar-refractivity contribution in [1.82, 2.24) is 4.98 Å². The predicted molar refractivity (Wildman–Crippen MR) is 60.0 cm³/mol. The van der Waals surface area contributed by atoms with Gasteiger partial charge in [-0.2, -0.15) is 0 Å². The molecule has 0 saturated carbocycles. The zero-order valence-corrected chi connectivity index (χ0v) is 8.88. The monoisotopic (exact) mass is 175 g/mol. The number of pyridine rings is 1. The second kappa shape index (κ2) is 5.06. The highest BCUT2D eigenvalue weighted by atomic mass is 14.6. The van der Waals surface area contributed by atoms with Gasteiger partial charge in [-0.15, -0.1) is 0 Å². The molecule has 1 nitrogen and oxygen atoms in total. The molecule has 0 amide bonds. The van der Waals surface area contributed by atoms with Gasteiger partial charge in [0.05, 0.1) is 0 Å². The van der Waals surface area contributed by atoms with Crippen molar-refractivity contribution in [3.8, 4) is 0 Å². The van der Waals surface area contributed by atoms with Gasteiger partial charge in [-0.3, -0.25) is 4.98 Å². The number of aromatic nitrogens is 1. The van der Waals surface area contributed by atoms with Crippen LogP contribution >= 0.6 is 0 Å². The Morgan fingerprint density at radius 2 is 1.85 bits per heavy atom. The zero-order chi connectivity index (χ0) is 9.68. The topological polar surface area (TPSA) is 12.9 Å². The Balaban J connectivity index is 2.86. The van der Waals surface area contributed by atoms with E-state index in [1.807, 2.05) is 12.4 Å². The van der Waals surface area contributed by atoms with E-state index >= 15 is 0 Å². The molecule has 0 aromatic carbocycles. The first-order valence-electron chi connectivity index (χ1n) is 5.25. The molecular formula is C11H18BN. The van der Waals surface area contributed by atoms with Crippen LogP contribution in [0.1, 0.15) is 26.3 Å². The van der Waals surface area contributed by atoms with Crippen LogP contribution in [-0.2, 0) is 6.42 Å². The Morgan fingerprint density at radius 1 is 1.15 bits per heavy atom. The van der Waals surface area contributed by atoms with Gasteiger partial charge in [-0.05, 0) is 12.0 Å². The highest BCUT2D eigenvalue weighted by Gasteiger charge is 2.11. The Labute approximate surface area is 81.7 Å². The van der Waals surface area contributed by atoms with Crippen molar-refractivity contribution < 1.29 is 0 Å². The van der Waals surface area contributed by atoms with E-state index in [2.05, 4.69) is 31.8 Å². The predicted octanol–water partition coefficient (Wildman–Crippen LogP) is 2.39. The molecule has 13 heavy (non-hydrogen) atoms. The molecule has 1 heterocycles. The number of hydrogen-bond acceptors (Lipinski definition) is 1. The highest BCUT2D eigenvalue weighted by molar-refractivity contribution is 6.73. The average molecular weight is 175 g/mol. The fourth-order valence-corrected chi connectivity index (χ4v) is 1.68. The quantitative estimate of drug-likeness (QED) is 0.640. The molecule has 0 bridgehead atoms. The summed E-state index contributed by atoms with van der Waals surface area (Å²) in [4.78, 5) is 4.27. The van der Waals surface area contributed by atoms with Gasteiger partial charge in [0.1, 0.15) is 0 Å². The van der Waals surface area contributed by atoms with E-state index in [1.54, 1.807) is 0 Å². The van der Waals surface area contributed by atoms with E-state index in [-0.39, 0.29) is 0 Å². The molecule has 0 aliphatic rings. The molecule has 0 aliphatic heterocycles. The molecule has 0 fully saturated rings. The first kappa shape index (κ1) is 10.3. The molecule has 0 N–H and O–H groups in total. The summed E-state index contributed by atoms with van der Waals surface area (Å²) in [7, 11) is 0. The summed E-state index contributed by atoms with van der Waals surface area (Å²) in [5, 5.41) is 0. The van der Waals surface area contributed by atoms with Gasteiger partial charge in [0.2, 0.25) is 0 Å². The van der Waals surface area contributed by atoms with Crippen LogP contribution in [-0.4, -0.2) is 11.7 Å². The Kier molecular flexibility index (Phi) is 4.00. The molecule has 1 aromatic rings. The van der Waals surface area contributed by atoms with Crippen molar-refractivity contribution in [2.75, 3.05) is 0 Å². The molecule has 0 saturated heterocycles. The molecule has 0 unspecified atom stereocenters. The van der Waals surface area contributed by atoms with Crippen molar-refractivity contribution in [1.29, 1.82) is 0 Å². The van der Waals surface area contributed by atoms with Crippen LogP contribution in [0.3, 0.4) is 0 Å². The van der Waals surface area contributed by atoms with Crippen LogP contribution in [0.5, 0.6) is 0 Å². The lowest BCUT2D eigenvalue weighted by atomic mass is 9.41. The fraction of sp³-hybridized carbons (Fsp3) is 0.545. The number of hydrogen-bond donors (Lipinski definition) is 0. The number of nitrogens with zero attached hydrogens (tertiary/aromatic N) is 1. The second-order valence-corrected chi connectivity index (χ2v) is 3.49. The minimum absolute atomic E-state index is 0.694. The standard InChI is InChI=1S/C11H18BN/c1-4-10-7-11(9-13-8-10)12(5-2)6-3/h7-9H,4-6H2,1-3H3. The third-order valence-corrected chi connectivity index (χ3v) is 2.68. The van der Waals surface area contributed by atoms with Crippen molar-refractivity contribution in [2.45, 2.75) is 39.8 Å². The van der Waals surface area contributed by atoms with Crippen molar-refractivity contribution in [3.63, 3.8) is 0 Å². The van der Waals surface area contributed by atoms with E-state index in [0.29, 0.717) is 6.71 Å². The van der Waals surface area contributed by atoms with Gasteiger partial charge in [-0.25, -0.2) is 0 Å². The van der Waals surface area contributed by atoms with Gasteiger partial charge < -0.3 is 0 Å². The lowest BCUT2D eigenvalue weighted by Crippen LogP contribution is -2.28. The van der Waals surface area contributed by atoms with Crippen LogP contribution in [0, 0.1) is 0 Å². The Bertz CT molecular complexity index is 256. The lowest BCUT2D eigenvalue weighted by molar-refractivity contribution is 1.11.